The summed E-state index contributed by atoms with van der Waals surface area (Å²) in [7, 11) is 0. The second-order valence-electron chi connectivity index (χ2n) is 9.43. The lowest BCUT2D eigenvalue weighted by molar-refractivity contribution is -0.140. The monoisotopic (exact) mass is 689 g/mol. The highest BCUT2D eigenvalue weighted by Crippen LogP contribution is 2.41. The van der Waals surface area contributed by atoms with Gasteiger partial charge in [0.15, 0.2) is 0 Å². The largest absolute Gasteiger partial charge is 0.480 e. The van der Waals surface area contributed by atoms with Crippen molar-refractivity contribution in [1.82, 2.24) is 4.90 Å². The first kappa shape index (κ1) is 29.1. The van der Waals surface area contributed by atoms with Crippen molar-refractivity contribution in [1.29, 1.82) is 0 Å². The van der Waals surface area contributed by atoms with Crippen molar-refractivity contribution in [2.24, 2.45) is 0 Å². The third kappa shape index (κ3) is 5.80. The number of benzene rings is 3. The van der Waals surface area contributed by atoms with E-state index in [-0.39, 0.29) is 10.2 Å². The minimum Gasteiger partial charge on any atom is -0.480 e. The molecule has 212 valence electrons. The number of thiophene rings is 1. The van der Waals surface area contributed by atoms with E-state index in [9.17, 15) is 9.59 Å². The van der Waals surface area contributed by atoms with Crippen LogP contribution in [-0.4, -0.2) is 32.7 Å². The molecule has 1 saturated heterocycles. The molecule has 1 N–H and O–H groups in total. The third-order valence-corrected chi connectivity index (χ3v) is 13.4. The van der Waals surface area contributed by atoms with E-state index in [2.05, 4.69) is 76.2 Å². The first-order valence-corrected chi connectivity index (χ1v) is 18.5. The number of carboxylic acid groups (broad SMARTS) is 1. The van der Waals surface area contributed by atoms with Crippen molar-refractivity contribution >= 4 is 147 Å². The maximum absolute atomic E-state index is 12.7. The summed E-state index contributed by atoms with van der Waals surface area (Å²) in [6.45, 7) is -0.424. The Morgan fingerprint density at radius 3 is 2.05 bits per heavy atom. The Bertz CT molecular complexity index is 2100. The second-order valence-corrected chi connectivity index (χ2v) is 16.4. The van der Waals surface area contributed by atoms with E-state index in [4.69, 9.17) is 17.3 Å². The van der Waals surface area contributed by atoms with E-state index in [0.29, 0.717) is 4.91 Å². The number of thioether (sulfide) groups is 5. The third-order valence-electron chi connectivity index (χ3n) is 6.80. The van der Waals surface area contributed by atoms with Gasteiger partial charge in [-0.1, -0.05) is 114 Å². The molecule has 4 aromatic rings. The van der Waals surface area contributed by atoms with Gasteiger partial charge in [-0.25, -0.2) is 0 Å². The normalized spacial score (nSPS) is 17.8. The van der Waals surface area contributed by atoms with E-state index in [0.717, 1.165) is 32.0 Å². The second kappa shape index (κ2) is 12.4. The number of fused-ring (bicyclic) bond motifs is 2. The quantitative estimate of drug-likeness (QED) is 0.126. The molecule has 4 nitrogen and oxygen atoms in total. The van der Waals surface area contributed by atoms with Gasteiger partial charge in [-0.2, -0.15) is 0 Å². The number of nitrogens with zero attached hydrogens (tertiary/aromatic N) is 1. The number of hydrogen-bond acceptors (Lipinski definition) is 9. The summed E-state index contributed by atoms with van der Waals surface area (Å²) < 4.78 is 2.86. The predicted molar refractivity (Wildman–Crippen MR) is 197 cm³/mol. The van der Waals surface area contributed by atoms with Crippen LogP contribution in [0, 0.1) is 0 Å². The van der Waals surface area contributed by atoms with Crippen molar-refractivity contribution < 1.29 is 14.7 Å². The lowest BCUT2D eigenvalue weighted by Crippen LogP contribution is -2.33. The number of carboxylic acids is 1. The van der Waals surface area contributed by atoms with Crippen molar-refractivity contribution in [2.45, 2.75) is 0 Å². The average molecular weight is 690 g/mol. The van der Waals surface area contributed by atoms with Crippen LogP contribution in [0.5, 0.6) is 0 Å². The van der Waals surface area contributed by atoms with Crippen LogP contribution in [0.1, 0.15) is 15.3 Å². The predicted octanol–water partition coefficient (Wildman–Crippen LogP) is 8.54. The highest BCUT2D eigenvalue weighted by atomic mass is 32.2. The SMILES string of the molecule is O=C(O)CN1C(=O)/C(=C/c2ccc(/C=C/c3ccc4c(=C5SC=CS5)c5ccccc5c(=C5SC=CS5)c4c3)s2)SC1=S. The molecular formula is C32H19NO3S7. The molecule has 0 aliphatic carbocycles. The fourth-order valence-electron chi connectivity index (χ4n) is 5.00. The maximum Gasteiger partial charge on any atom is 0.323 e. The summed E-state index contributed by atoms with van der Waals surface area (Å²) in [6, 6.07) is 19.4. The van der Waals surface area contributed by atoms with Crippen molar-refractivity contribution in [3.8, 4) is 0 Å². The van der Waals surface area contributed by atoms with Crippen molar-refractivity contribution in [2.75, 3.05) is 6.54 Å². The first-order valence-electron chi connectivity index (χ1n) is 12.9. The van der Waals surface area contributed by atoms with Crippen LogP contribution < -0.4 is 10.4 Å². The molecule has 4 heterocycles. The van der Waals surface area contributed by atoms with E-state index in [1.165, 1.54) is 40.5 Å². The summed E-state index contributed by atoms with van der Waals surface area (Å²) >= 11 is 15.0. The zero-order valence-electron chi connectivity index (χ0n) is 22.0. The van der Waals surface area contributed by atoms with Gasteiger partial charge in [0.25, 0.3) is 5.91 Å². The summed E-state index contributed by atoms with van der Waals surface area (Å²) in [4.78, 5) is 27.3. The standard InChI is InChI=1S/C32H19NO3S7/c34-26(35)17-33-29(36)25(43-32(33)37)16-20-9-8-19(42-20)7-5-18-6-10-23-24(15-18)28(31-40-13-14-41-31)22-4-2-1-3-21(22)27(23)30-38-11-12-39-30/h1-16H,17H2,(H,34,35)/b7-5+,25-16-. The molecule has 1 amide bonds. The fraction of sp³-hybridized carbons (Fsp3) is 0.0312. The minimum absolute atomic E-state index is 0.269. The van der Waals surface area contributed by atoms with Gasteiger partial charge in [0.05, 0.1) is 13.4 Å². The van der Waals surface area contributed by atoms with Crippen LogP contribution in [0.2, 0.25) is 0 Å². The Morgan fingerprint density at radius 1 is 0.791 bits per heavy atom. The van der Waals surface area contributed by atoms with Gasteiger partial charge in [0.1, 0.15) is 10.9 Å². The topological polar surface area (TPSA) is 57.6 Å². The minimum atomic E-state index is -1.09. The van der Waals surface area contributed by atoms with E-state index in [1.54, 1.807) is 64.5 Å². The molecule has 3 aliphatic rings. The summed E-state index contributed by atoms with van der Waals surface area (Å²) in [5.74, 6) is -1.45. The Balaban J connectivity index is 1.27. The van der Waals surface area contributed by atoms with Crippen LogP contribution in [0.15, 0.2) is 81.1 Å². The summed E-state index contributed by atoms with van der Waals surface area (Å²) in [5, 5.41) is 25.3. The van der Waals surface area contributed by atoms with Crippen LogP contribution in [0.25, 0.3) is 48.2 Å². The number of thiocarbonyl (C=S) groups is 1. The molecule has 0 atom stereocenters. The van der Waals surface area contributed by atoms with Crippen molar-refractivity contribution in [3.63, 3.8) is 0 Å². The zero-order valence-corrected chi connectivity index (χ0v) is 27.7. The van der Waals surface area contributed by atoms with E-state index < -0.39 is 12.5 Å². The molecule has 11 heteroatoms. The smallest absolute Gasteiger partial charge is 0.323 e. The van der Waals surface area contributed by atoms with Gasteiger partial charge in [-0.15, -0.1) is 11.3 Å². The van der Waals surface area contributed by atoms with Crippen LogP contribution in [0.3, 0.4) is 0 Å². The highest BCUT2D eigenvalue weighted by Gasteiger charge is 2.33. The van der Waals surface area contributed by atoms with Gasteiger partial charge in [0.2, 0.25) is 0 Å². The molecule has 0 unspecified atom stereocenters. The molecule has 3 aromatic carbocycles. The molecular weight excluding hydrogens is 671 g/mol. The first-order chi connectivity index (χ1) is 21.0. The molecule has 1 fully saturated rings. The lowest BCUT2D eigenvalue weighted by Gasteiger charge is -2.11. The molecule has 0 radical (unpaired) electrons. The summed E-state index contributed by atoms with van der Waals surface area (Å²) in [5.41, 5.74) is 1.11. The average Bonchev–Trinajstić information content (AvgIpc) is 3.83. The molecule has 0 bridgehead atoms. The lowest BCUT2D eigenvalue weighted by atomic mass is 9.97. The number of carbonyl (C=O) groups is 2. The van der Waals surface area contributed by atoms with Gasteiger partial charge in [-0.05, 0) is 79.1 Å². The van der Waals surface area contributed by atoms with Gasteiger partial charge < -0.3 is 5.11 Å². The Labute approximate surface area is 277 Å². The molecule has 0 spiro atoms. The van der Waals surface area contributed by atoms with E-state index >= 15 is 0 Å². The Morgan fingerprint density at radius 2 is 1.40 bits per heavy atom. The number of aliphatic carboxylic acids is 1. The number of rotatable bonds is 5. The van der Waals surface area contributed by atoms with Crippen LogP contribution in [0.4, 0.5) is 0 Å². The molecule has 7 rings (SSSR count). The summed E-state index contributed by atoms with van der Waals surface area (Å²) in [6.07, 6.45) is 6.01. The fourth-order valence-corrected chi connectivity index (χ4v) is 11.0. The number of carbonyl (C=O) groups excluding carboxylic acids is 1. The van der Waals surface area contributed by atoms with Crippen LogP contribution >= 0.6 is 82.4 Å². The molecule has 1 aromatic heterocycles. The zero-order chi connectivity index (χ0) is 29.5. The molecule has 43 heavy (non-hydrogen) atoms. The maximum atomic E-state index is 12.7. The molecule has 0 saturated carbocycles. The number of amides is 1. The van der Waals surface area contributed by atoms with Gasteiger partial charge in [0, 0.05) is 20.2 Å². The van der Waals surface area contributed by atoms with E-state index in [1.807, 2.05) is 12.1 Å². The van der Waals surface area contributed by atoms with Gasteiger partial charge in [-0.3, -0.25) is 14.5 Å². The Hall–Kier alpha value is -2.64. The highest BCUT2D eigenvalue weighted by molar-refractivity contribution is 8.35. The Kier molecular flexibility index (Phi) is 8.39. The van der Waals surface area contributed by atoms with Crippen molar-refractivity contribution in [3.05, 3.63) is 107 Å². The van der Waals surface area contributed by atoms with Crippen LogP contribution in [-0.2, 0) is 9.59 Å². The number of hydrogen-bond donors (Lipinski definition) is 1. The molecule has 3 aliphatic heterocycles. The van der Waals surface area contributed by atoms with Gasteiger partial charge >= 0.3 is 5.97 Å².